The average Bonchev–Trinajstić information content (AvgIpc) is 2.83. The first-order valence-corrected chi connectivity index (χ1v) is 10.5. The molecule has 7 nitrogen and oxygen atoms in total. The number of rotatable bonds is 8. The highest BCUT2D eigenvalue weighted by Gasteiger charge is 2.21. The van der Waals surface area contributed by atoms with E-state index in [4.69, 9.17) is 9.47 Å². The van der Waals surface area contributed by atoms with Crippen LogP contribution in [0.5, 0.6) is 11.5 Å². The van der Waals surface area contributed by atoms with Gasteiger partial charge in [-0.05, 0) is 29.8 Å². The van der Waals surface area contributed by atoms with Crippen LogP contribution < -0.4 is 14.8 Å². The van der Waals surface area contributed by atoms with Crippen molar-refractivity contribution in [1.29, 1.82) is 0 Å². The number of nitrogens with one attached hydrogen (secondary N) is 1. The zero-order valence-corrected chi connectivity index (χ0v) is 18.0. The summed E-state index contributed by atoms with van der Waals surface area (Å²) in [6.07, 6.45) is 9.26. The van der Waals surface area contributed by atoms with E-state index in [9.17, 15) is 4.79 Å². The third-order valence-corrected chi connectivity index (χ3v) is 5.45. The van der Waals surface area contributed by atoms with E-state index in [1.165, 1.54) is 12.4 Å². The van der Waals surface area contributed by atoms with Crippen LogP contribution >= 0.6 is 0 Å². The van der Waals surface area contributed by atoms with E-state index in [0.29, 0.717) is 17.3 Å². The number of likely N-dealkylation sites (tertiary alicyclic amines) is 1. The summed E-state index contributed by atoms with van der Waals surface area (Å²) < 4.78 is 11.9. The van der Waals surface area contributed by atoms with Gasteiger partial charge in [-0.3, -0.25) is 4.79 Å². The first kappa shape index (κ1) is 21.4. The number of aldehydes is 1. The molecule has 1 N–H and O–H groups in total. The maximum atomic E-state index is 10.5. The highest BCUT2D eigenvalue weighted by molar-refractivity contribution is 5.93. The van der Waals surface area contributed by atoms with Gasteiger partial charge in [-0.2, -0.15) is 0 Å². The molecule has 164 valence electrons. The van der Waals surface area contributed by atoms with Crippen LogP contribution in [0, 0.1) is 0 Å². The predicted octanol–water partition coefficient (Wildman–Crippen LogP) is 4.58. The molecule has 0 saturated carbocycles. The molecule has 7 heteroatoms. The van der Waals surface area contributed by atoms with Gasteiger partial charge >= 0.3 is 0 Å². The Bertz CT molecular complexity index is 1140. The van der Waals surface area contributed by atoms with Gasteiger partial charge in [0.15, 0.2) is 11.5 Å². The standard InChI is InChI=1S/C25H26N4O3/c1-3-18-6-4-7-19(14-18)28-25-21-15-24(23(31-2)16-22(21)26-17-27-25)32-20-8-11-29(12-9-20)10-5-13-30/h3-7,10,13-17,20H,1,8-9,11-12H2,2H3,(H,26,27,28). The maximum absolute atomic E-state index is 10.5. The molecule has 2 heterocycles. The lowest BCUT2D eigenvalue weighted by molar-refractivity contribution is -0.104. The van der Waals surface area contributed by atoms with Crippen LogP contribution in [0.2, 0.25) is 0 Å². The van der Waals surface area contributed by atoms with Crippen molar-refractivity contribution in [2.24, 2.45) is 0 Å². The van der Waals surface area contributed by atoms with Crippen LogP contribution in [0.4, 0.5) is 11.5 Å². The fourth-order valence-corrected chi connectivity index (χ4v) is 3.77. The number of benzene rings is 2. The molecule has 0 radical (unpaired) electrons. The number of nitrogens with zero attached hydrogens (tertiary/aromatic N) is 3. The molecule has 3 aromatic rings. The van der Waals surface area contributed by atoms with E-state index in [0.717, 1.165) is 54.4 Å². The number of fused-ring (bicyclic) bond motifs is 1. The zero-order valence-electron chi connectivity index (χ0n) is 18.0. The van der Waals surface area contributed by atoms with E-state index in [2.05, 4.69) is 26.8 Å². The summed E-state index contributed by atoms with van der Waals surface area (Å²) in [5, 5.41) is 4.22. The monoisotopic (exact) mass is 430 g/mol. The Kier molecular flexibility index (Phi) is 6.65. The Hall–Kier alpha value is -3.87. The number of hydrogen-bond donors (Lipinski definition) is 1. The van der Waals surface area contributed by atoms with Crippen LogP contribution in [0.1, 0.15) is 18.4 Å². The maximum Gasteiger partial charge on any atom is 0.162 e. The Balaban J connectivity index is 1.59. The second-order valence-corrected chi connectivity index (χ2v) is 7.53. The molecule has 0 atom stereocenters. The Morgan fingerprint density at radius 1 is 1.16 bits per heavy atom. The number of hydrogen-bond acceptors (Lipinski definition) is 7. The van der Waals surface area contributed by atoms with Crippen LogP contribution in [0.3, 0.4) is 0 Å². The summed E-state index contributed by atoms with van der Waals surface area (Å²) in [5.41, 5.74) is 2.70. The van der Waals surface area contributed by atoms with E-state index in [-0.39, 0.29) is 6.10 Å². The third-order valence-electron chi connectivity index (χ3n) is 5.45. The summed E-state index contributed by atoms with van der Waals surface area (Å²) in [4.78, 5) is 21.5. The fraction of sp³-hybridized carbons (Fsp3) is 0.240. The fourth-order valence-electron chi connectivity index (χ4n) is 3.77. The zero-order chi connectivity index (χ0) is 22.3. The summed E-state index contributed by atoms with van der Waals surface area (Å²) in [6, 6.07) is 11.8. The first-order valence-electron chi connectivity index (χ1n) is 10.5. The average molecular weight is 431 g/mol. The lowest BCUT2D eigenvalue weighted by Gasteiger charge is -2.31. The van der Waals surface area contributed by atoms with Crippen molar-refractivity contribution in [1.82, 2.24) is 14.9 Å². The van der Waals surface area contributed by atoms with Gasteiger partial charge in [0.1, 0.15) is 24.5 Å². The van der Waals surface area contributed by atoms with Gasteiger partial charge in [0.25, 0.3) is 0 Å². The Morgan fingerprint density at radius 3 is 2.75 bits per heavy atom. The molecular weight excluding hydrogens is 404 g/mol. The van der Waals surface area contributed by atoms with Gasteiger partial charge in [-0.15, -0.1) is 0 Å². The molecule has 1 aromatic heterocycles. The molecule has 0 spiro atoms. The normalized spacial score (nSPS) is 14.5. The molecule has 0 aliphatic carbocycles. The number of allylic oxidation sites excluding steroid dienone is 1. The van der Waals surface area contributed by atoms with Crippen molar-refractivity contribution < 1.29 is 14.3 Å². The summed E-state index contributed by atoms with van der Waals surface area (Å²) in [7, 11) is 1.63. The molecule has 1 fully saturated rings. The van der Waals surface area contributed by atoms with Crippen molar-refractivity contribution in [3.8, 4) is 11.5 Å². The highest BCUT2D eigenvalue weighted by atomic mass is 16.5. The van der Waals surface area contributed by atoms with Gasteiger partial charge in [0.05, 0.1) is 12.6 Å². The highest BCUT2D eigenvalue weighted by Crippen LogP contribution is 2.36. The lowest BCUT2D eigenvalue weighted by Crippen LogP contribution is -2.35. The second-order valence-electron chi connectivity index (χ2n) is 7.53. The minimum Gasteiger partial charge on any atom is -0.493 e. The molecular formula is C25H26N4O3. The smallest absolute Gasteiger partial charge is 0.162 e. The van der Waals surface area contributed by atoms with Gasteiger partial charge < -0.3 is 19.7 Å². The molecule has 1 saturated heterocycles. The number of aromatic nitrogens is 2. The van der Waals surface area contributed by atoms with Crippen molar-refractivity contribution >= 4 is 34.8 Å². The molecule has 0 amide bonds. The van der Waals surface area contributed by atoms with Crippen molar-refractivity contribution in [3.05, 3.63) is 67.1 Å². The van der Waals surface area contributed by atoms with E-state index in [1.807, 2.05) is 42.6 Å². The number of piperidine rings is 1. The SMILES string of the molecule is C=Cc1cccc(Nc2ncnc3cc(OC)c(OC4CCN(C=CC=O)CC4)cc23)c1. The molecule has 4 rings (SSSR count). The number of methoxy groups -OCH3 is 1. The Morgan fingerprint density at radius 2 is 2.00 bits per heavy atom. The summed E-state index contributed by atoms with van der Waals surface area (Å²) >= 11 is 0. The second kappa shape index (κ2) is 9.96. The molecule has 2 aromatic carbocycles. The Labute approximate surface area is 187 Å². The van der Waals surface area contributed by atoms with E-state index in [1.54, 1.807) is 13.2 Å². The molecule has 0 bridgehead atoms. The number of ether oxygens (including phenoxy) is 2. The minimum absolute atomic E-state index is 0.0625. The predicted molar refractivity (Wildman–Crippen MR) is 126 cm³/mol. The number of carbonyl (C=O) groups is 1. The van der Waals surface area contributed by atoms with Gasteiger partial charge in [0.2, 0.25) is 0 Å². The molecule has 1 aliphatic rings. The van der Waals surface area contributed by atoms with Gasteiger partial charge in [-0.1, -0.05) is 24.8 Å². The van der Waals surface area contributed by atoms with Gasteiger partial charge in [0, 0.05) is 49.3 Å². The van der Waals surface area contributed by atoms with Crippen molar-refractivity contribution in [2.45, 2.75) is 18.9 Å². The summed E-state index contributed by atoms with van der Waals surface area (Å²) in [5.74, 6) is 2.00. The van der Waals surface area contributed by atoms with E-state index >= 15 is 0 Å². The van der Waals surface area contributed by atoms with Gasteiger partial charge in [-0.25, -0.2) is 9.97 Å². The topological polar surface area (TPSA) is 76.6 Å². The van der Waals surface area contributed by atoms with Crippen LogP contribution in [-0.4, -0.2) is 47.5 Å². The molecule has 1 aliphatic heterocycles. The number of carbonyl (C=O) groups excluding carboxylic acids is 1. The number of anilines is 2. The lowest BCUT2D eigenvalue weighted by atomic mass is 10.1. The van der Waals surface area contributed by atoms with Crippen LogP contribution in [0.15, 0.2) is 61.6 Å². The largest absolute Gasteiger partial charge is 0.493 e. The van der Waals surface area contributed by atoms with Crippen LogP contribution in [0.25, 0.3) is 17.0 Å². The molecule has 0 unspecified atom stereocenters. The van der Waals surface area contributed by atoms with Crippen LogP contribution in [-0.2, 0) is 4.79 Å². The van der Waals surface area contributed by atoms with E-state index < -0.39 is 0 Å². The minimum atomic E-state index is 0.0625. The summed E-state index contributed by atoms with van der Waals surface area (Å²) in [6.45, 7) is 5.50. The van der Waals surface area contributed by atoms with Crippen molar-refractivity contribution in [2.75, 3.05) is 25.5 Å². The third kappa shape index (κ3) is 4.88. The quantitative estimate of drug-likeness (QED) is 0.414. The molecule has 32 heavy (non-hydrogen) atoms. The van der Waals surface area contributed by atoms with Crippen molar-refractivity contribution in [3.63, 3.8) is 0 Å². The first-order chi connectivity index (χ1) is 15.7.